The molecule has 0 aliphatic rings. The molecule has 0 aromatic heterocycles. The predicted molar refractivity (Wildman–Crippen MR) is 84.5 cm³/mol. The first-order valence-corrected chi connectivity index (χ1v) is 6.46. The fraction of sp³-hybridized carbons (Fsp3) is 0. The predicted octanol–water partition coefficient (Wildman–Crippen LogP) is 3.02. The Balaban J connectivity index is 1.88. The van der Waals surface area contributed by atoms with Crippen LogP contribution in [0.4, 0.5) is 5.69 Å². The first kappa shape index (κ1) is 15.1. The number of amides is 1. The van der Waals surface area contributed by atoms with Gasteiger partial charge in [-0.15, -0.1) is 0 Å². The molecule has 0 fully saturated rings. The van der Waals surface area contributed by atoms with Gasteiger partial charge in [0, 0.05) is 23.9 Å². The third-order valence-electron chi connectivity index (χ3n) is 2.76. The second-order valence-electron chi connectivity index (χ2n) is 4.29. The van der Waals surface area contributed by atoms with E-state index in [1.807, 2.05) is 36.4 Å². The highest BCUT2D eigenvalue weighted by atomic mass is 16.6. The van der Waals surface area contributed by atoms with Gasteiger partial charge in [0.1, 0.15) is 0 Å². The molecule has 1 N–H and O–H groups in total. The second kappa shape index (κ2) is 7.49. The summed E-state index contributed by atoms with van der Waals surface area (Å²) in [6, 6.07) is 15.0. The molecule has 2 rings (SSSR count). The Kier molecular flexibility index (Phi) is 5.15. The number of carbonyl (C=O) groups is 1. The van der Waals surface area contributed by atoms with Gasteiger partial charge in [0.05, 0.1) is 4.92 Å². The molecule has 0 atom stereocenters. The van der Waals surface area contributed by atoms with E-state index in [4.69, 9.17) is 0 Å². The number of hydrogen-bond donors (Lipinski definition) is 1. The lowest BCUT2D eigenvalue weighted by atomic mass is 10.2. The summed E-state index contributed by atoms with van der Waals surface area (Å²) in [5.41, 5.74) is 3.60. The summed E-state index contributed by atoms with van der Waals surface area (Å²) >= 11 is 0. The van der Waals surface area contributed by atoms with Crippen molar-refractivity contribution in [1.82, 2.24) is 5.43 Å². The number of allylic oxidation sites excluding steroid dienone is 1. The maximum atomic E-state index is 11.7. The molecule has 110 valence electrons. The van der Waals surface area contributed by atoms with Crippen LogP contribution in [0.2, 0.25) is 0 Å². The molecule has 0 aliphatic carbocycles. The number of hydrazone groups is 1. The van der Waals surface area contributed by atoms with Crippen LogP contribution in [0.1, 0.15) is 15.9 Å². The van der Waals surface area contributed by atoms with Crippen molar-refractivity contribution in [3.8, 4) is 0 Å². The van der Waals surface area contributed by atoms with Crippen molar-refractivity contribution in [3.05, 3.63) is 81.9 Å². The third kappa shape index (κ3) is 4.38. The summed E-state index contributed by atoms with van der Waals surface area (Å²) in [6.45, 7) is 0. The first-order valence-electron chi connectivity index (χ1n) is 6.46. The third-order valence-corrected chi connectivity index (χ3v) is 2.76. The van der Waals surface area contributed by atoms with Gasteiger partial charge in [-0.1, -0.05) is 36.4 Å². The van der Waals surface area contributed by atoms with E-state index in [1.54, 1.807) is 6.08 Å². The molecule has 0 aliphatic heterocycles. The normalized spacial score (nSPS) is 10.9. The van der Waals surface area contributed by atoms with Crippen LogP contribution in [-0.4, -0.2) is 17.0 Å². The number of nitrogens with zero attached hydrogens (tertiary/aromatic N) is 2. The topological polar surface area (TPSA) is 84.6 Å². The van der Waals surface area contributed by atoms with Crippen LogP contribution >= 0.6 is 0 Å². The van der Waals surface area contributed by atoms with E-state index in [0.717, 1.165) is 5.56 Å². The van der Waals surface area contributed by atoms with Gasteiger partial charge in [-0.25, -0.2) is 5.43 Å². The van der Waals surface area contributed by atoms with E-state index >= 15 is 0 Å². The minimum Gasteiger partial charge on any atom is -0.267 e. The minimum atomic E-state index is -0.520. The average Bonchev–Trinajstić information content (AvgIpc) is 2.55. The van der Waals surface area contributed by atoms with E-state index < -0.39 is 10.8 Å². The molecule has 0 spiro atoms. The van der Waals surface area contributed by atoms with Gasteiger partial charge in [0.15, 0.2) is 0 Å². The van der Waals surface area contributed by atoms with Gasteiger partial charge < -0.3 is 0 Å². The molecule has 2 aromatic rings. The fourth-order valence-corrected chi connectivity index (χ4v) is 1.66. The average molecular weight is 295 g/mol. The van der Waals surface area contributed by atoms with Gasteiger partial charge in [-0.3, -0.25) is 14.9 Å². The highest BCUT2D eigenvalue weighted by molar-refractivity contribution is 5.94. The summed E-state index contributed by atoms with van der Waals surface area (Å²) in [5, 5.41) is 14.3. The minimum absolute atomic E-state index is 0.0640. The Bertz CT molecular complexity index is 707. The highest BCUT2D eigenvalue weighted by Crippen LogP contribution is 2.11. The summed E-state index contributed by atoms with van der Waals surface area (Å²) in [5.74, 6) is -0.431. The lowest BCUT2D eigenvalue weighted by Crippen LogP contribution is -2.17. The fourth-order valence-electron chi connectivity index (χ4n) is 1.66. The van der Waals surface area contributed by atoms with Crippen molar-refractivity contribution in [3.63, 3.8) is 0 Å². The SMILES string of the molecule is O=C(N/N=C/C=C/c1ccccc1)c1ccc([N+](=O)[O-])cc1. The van der Waals surface area contributed by atoms with Gasteiger partial charge >= 0.3 is 0 Å². The summed E-state index contributed by atoms with van der Waals surface area (Å²) < 4.78 is 0. The highest BCUT2D eigenvalue weighted by Gasteiger charge is 2.08. The number of hydrogen-bond acceptors (Lipinski definition) is 4. The molecule has 0 radical (unpaired) electrons. The number of rotatable bonds is 5. The standard InChI is InChI=1S/C16H13N3O3/c20-16(14-8-10-15(11-9-14)19(21)22)18-17-12-4-7-13-5-2-1-3-6-13/h1-12H,(H,18,20)/b7-4+,17-12+. The van der Waals surface area contributed by atoms with E-state index in [2.05, 4.69) is 10.5 Å². The van der Waals surface area contributed by atoms with Crippen molar-refractivity contribution in [2.45, 2.75) is 0 Å². The number of nitro benzene ring substituents is 1. The zero-order valence-electron chi connectivity index (χ0n) is 11.5. The van der Waals surface area contributed by atoms with Crippen LogP contribution < -0.4 is 5.43 Å². The molecular weight excluding hydrogens is 282 g/mol. The molecule has 1 amide bonds. The molecule has 0 bridgehead atoms. The number of carbonyl (C=O) groups excluding carboxylic acids is 1. The molecule has 0 unspecified atom stereocenters. The monoisotopic (exact) mass is 295 g/mol. The van der Waals surface area contributed by atoms with Crippen LogP contribution in [0, 0.1) is 10.1 Å². The van der Waals surface area contributed by atoms with Gasteiger partial charge in [-0.05, 0) is 23.8 Å². The molecule has 0 saturated carbocycles. The smallest absolute Gasteiger partial charge is 0.267 e. The van der Waals surface area contributed by atoms with Gasteiger partial charge in [0.25, 0.3) is 11.6 Å². The lowest BCUT2D eigenvalue weighted by Gasteiger charge is -1.98. The largest absolute Gasteiger partial charge is 0.271 e. The Morgan fingerprint density at radius 2 is 1.77 bits per heavy atom. The maximum absolute atomic E-state index is 11.7. The molecule has 22 heavy (non-hydrogen) atoms. The number of nitrogens with one attached hydrogen (secondary N) is 1. The maximum Gasteiger partial charge on any atom is 0.271 e. The number of benzene rings is 2. The van der Waals surface area contributed by atoms with E-state index in [9.17, 15) is 14.9 Å². The second-order valence-corrected chi connectivity index (χ2v) is 4.29. The van der Waals surface area contributed by atoms with E-state index in [-0.39, 0.29) is 5.69 Å². The summed E-state index contributed by atoms with van der Waals surface area (Å²) in [7, 11) is 0. The Labute approximate surface area is 126 Å². The van der Waals surface area contributed by atoms with Crippen molar-refractivity contribution in [1.29, 1.82) is 0 Å². The lowest BCUT2D eigenvalue weighted by molar-refractivity contribution is -0.384. The zero-order chi connectivity index (χ0) is 15.8. The Morgan fingerprint density at radius 3 is 2.41 bits per heavy atom. The molecule has 2 aromatic carbocycles. The molecule has 0 heterocycles. The van der Waals surface area contributed by atoms with E-state index in [1.165, 1.54) is 30.5 Å². The first-order chi connectivity index (χ1) is 10.7. The van der Waals surface area contributed by atoms with Crippen LogP contribution in [0.3, 0.4) is 0 Å². The molecular formula is C16H13N3O3. The molecule has 6 heteroatoms. The Morgan fingerprint density at radius 1 is 1.09 bits per heavy atom. The van der Waals surface area contributed by atoms with Crippen molar-refractivity contribution < 1.29 is 9.72 Å². The van der Waals surface area contributed by atoms with Crippen molar-refractivity contribution >= 4 is 23.9 Å². The van der Waals surface area contributed by atoms with Crippen LogP contribution in [0.15, 0.2) is 65.8 Å². The van der Waals surface area contributed by atoms with Gasteiger partial charge in [0.2, 0.25) is 0 Å². The number of nitro groups is 1. The van der Waals surface area contributed by atoms with Crippen LogP contribution in [0.5, 0.6) is 0 Å². The molecule has 0 saturated heterocycles. The van der Waals surface area contributed by atoms with Crippen LogP contribution in [0.25, 0.3) is 6.08 Å². The summed E-state index contributed by atoms with van der Waals surface area (Å²) in [6.07, 6.45) is 5.00. The number of non-ortho nitro benzene ring substituents is 1. The zero-order valence-corrected chi connectivity index (χ0v) is 11.5. The van der Waals surface area contributed by atoms with Crippen LogP contribution in [-0.2, 0) is 0 Å². The quantitative estimate of drug-likeness (QED) is 0.522. The van der Waals surface area contributed by atoms with Gasteiger partial charge in [-0.2, -0.15) is 5.10 Å². The van der Waals surface area contributed by atoms with E-state index in [0.29, 0.717) is 5.56 Å². The van der Waals surface area contributed by atoms with Crippen molar-refractivity contribution in [2.24, 2.45) is 5.10 Å². The Hall–Kier alpha value is -3.28. The molecule has 6 nitrogen and oxygen atoms in total. The summed E-state index contributed by atoms with van der Waals surface area (Å²) in [4.78, 5) is 21.7. The van der Waals surface area contributed by atoms with Crippen molar-refractivity contribution in [2.75, 3.05) is 0 Å².